The summed E-state index contributed by atoms with van der Waals surface area (Å²) >= 11 is 0. The van der Waals surface area contributed by atoms with E-state index in [9.17, 15) is 9.90 Å². The summed E-state index contributed by atoms with van der Waals surface area (Å²) in [6.07, 6.45) is -0.742. The van der Waals surface area contributed by atoms with Crippen LogP contribution in [0, 0.1) is 0 Å². The molecule has 3 aromatic carbocycles. The van der Waals surface area contributed by atoms with Gasteiger partial charge in [-0.15, -0.1) is 15.0 Å². The summed E-state index contributed by atoms with van der Waals surface area (Å²) < 4.78 is 15.6. The molecule has 0 saturated carbocycles. The van der Waals surface area contributed by atoms with Gasteiger partial charge in [0, 0.05) is 12.1 Å². The second-order valence-electron chi connectivity index (χ2n) is 6.21. The number of aromatic hydroxyl groups is 1. The molecule has 0 aliphatic carbocycles. The summed E-state index contributed by atoms with van der Waals surface area (Å²) in [5.74, 6) is 1.02. The molecule has 0 fully saturated rings. The monoisotopic (exact) mass is 406 g/mol. The lowest BCUT2D eigenvalue weighted by atomic mass is 10.2. The van der Waals surface area contributed by atoms with Crippen molar-refractivity contribution < 1.29 is 24.1 Å². The molecule has 152 valence electrons. The number of fused-ring (bicyclic) bond motifs is 1. The number of hydrogen-bond acceptors (Lipinski definition) is 7. The van der Waals surface area contributed by atoms with Gasteiger partial charge >= 0.3 is 6.09 Å². The van der Waals surface area contributed by atoms with Crippen molar-refractivity contribution in [1.29, 1.82) is 0 Å². The smallest absolute Gasteiger partial charge is 0.417 e. The lowest BCUT2D eigenvalue weighted by Crippen LogP contribution is -2.17. The van der Waals surface area contributed by atoms with Gasteiger partial charge in [-0.25, -0.2) is 4.79 Å². The highest BCUT2D eigenvalue weighted by molar-refractivity contribution is 5.88. The molecular formula is C21H18N4O5. The highest BCUT2D eigenvalue weighted by atomic mass is 16.6. The van der Waals surface area contributed by atoms with E-state index >= 15 is 0 Å². The van der Waals surface area contributed by atoms with Gasteiger partial charge in [0.25, 0.3) is 0 Å². The van der Waals surface area contributed by atoms with Gasteiger partial charge in [-0.05, 0) is 36.4 Å². The van der Waals surface area contributed by atoms with Crippen molar-refractivity contribution in [2.45, 2.75) is 0 Å². The summed E-state index contributed by atoms with van der Waals surface area (Å²) in [6.45, 7) is 0. The average Bonchev–Trinajstić information content (AvgIpc) is 3.18. The number of phenols is 1. The van der Waals surface area contributed by atoms with Crippen LogP contribution in [0.5, 0.6) is 23.0 Å². The quantitative estimate of drug-likeness (QED) is 0.520. The first-order valence-corrected chi connectivity index (χ1v) is 8.93. The third-order valence-electron chi connectivity index (χ3n) is 4.30. The standard InChI is InChI=1S/C21H18N4O5/c1-28-13-7-9-17(20(12-13)29-2)22-21(27)30-14-8-10-18(19(26)11-14)25-23-15-5-3-4-6-16(15)24-25/h3-12,26H,1-2H3,(H,22,27). The number of nitrogens with one attached hydrogen (secondary N) is 1. The van der Waals surface area contributed by atoms with E-state index in [0.29, 0.717) is 33.9 Å². The molecule has 9 nitrogen and oxygen atoms in total. The Morgan fingerprint density at radius 1 is 0.933 bits per heavy atom. The molecule has 2 N–H and O–H groups in total. The van der Waals surface area contributed by atoms with Crippen LogP contribution in [0.25, 0.3) is 16.7 Å². The second kappa shape index (κ2) is 8.00. The fraction of sp³-hybridized carbons (Fsp3) is 0.0952. The van der Waals surface area contributed by atoms with E-state index in [1.165, 1.54) is 31.1 Å². The van der Waals surface area contributed by atoms with Crippen molar-refractivity contribution in [3.63, 3.8) is 0 Å². The van der Waals surface area contributed by atoms with Crippen molar-refractivity contribution in [2.24, 2.45) is 0 Å². The lowest BCUT2D eigenvalue weighted by molar-refractivity contribution is 0.215. The first-order chi connectivity index (χ1) is 14.6. The van der Waals surface area contributed by atoms with Gasteiger partial charge in [-0.3, -0.25) is 5.32 Å². The van der Waals surface area contributed by atoms with Crippen LogP contribution in [0.4, 0.5) is 10.5 Å². The number of amides is 1. The molecule has 9 heteroatoms. The zero-order valence-corrected chi connectivity index (χ0v) is 16.2. The summed E-state index contributed by atoms with van der Waals surface area (Å²) in [7, 11) is 3.02. The topological polar surface area (TPSA) is 108 Å². The Morgan fingerprint density at radius 2 is 1.63 bits per heavy atom. The van der Waals surface area contributed by atoms with Gasteiger partial charge in [0.2, 0.25) is 0 Å². The number of carbonyl (C=O) groups is 1. The van der Waals surface area contributed by atoms with E-state index in [1.54, 1.807) is 24.3 Å². The minimum Gasteiger partial charge on any atom is -0.505 e. The summed E-state index contributed by atoms with van der Waals surface area (Å²) in [5, 5.41) is 21.6. The molecule has 0 saturated heterocycles. The number of ether oxygens (including phenoxy) is 3. The van der Waals surface area contributed by atoms with Gasteiger partial charge < -0.3 is 19.3 Å². The number of hydrogen-bond donors (Lipinski definition) is 2. The zero-order valence-electron chi connectivity index (χ0n) is 16.2. The molecule has 1 amide bonds. The molecule has 0 unspecified atom stereocenters. The first kappa shape index (κ1) is 19.1. The molecule has 0 aliphatic heterocycles. The van der Waals surface area contributed by atoms with Crippen LogP contribution >= 0.6 is 0 Å². The fourth-order valence-corrected chi connectivity index (χ4v) is 2.85. The van der Waals surface area contributed by atoms with E-state index in [4.69, 9.17) is 14.2 Å². The number of phenolic OH excluding ortho intramolecular Hbond substituents is 1. The summed E-state index contributed by atoms with van der Waals surface area (Å²) in [6, 6.07) is 16.7. The average molecular weight is 406 g/mol. The Labute approximate surface area is 171 Å². The third-order valence-corrected chi connectivity index (χ3v) is 4.30. The third kappa shape index (κ3) is 3.81. The molecule has 30 heavy (non-hydrogen) atoms. The van der Waals surface area contributed by atoms with Crippen molar-refractivity contribution in [3.05, 3.63) is 60.7 Å². The molecular weight excluding hydrogens is 388 g/mol. The zero-order chi connectivity index (χ0) is 21.1. The van der Waals surface area contributed by atoms with Crippen LogP contribution in [-0.4, -0.2) is 40.4 Å². The van der Waals surface area contributed by atoms with E-state index in [-0.39, 0.29) is 11.5 Å². The van der Waals surface area contributed by atoms with Crippen LogP contribution in [0.3, 0.4) is 0 Å². The Morgan fingerprint density at radius 3 is 2.27 bits per heavy atom. The molecule has 0 radical (unpaired) electrons. The molecule has 1 aromatic heterocycles. The molecule has 1 heterocycles. The summed E-state index contributed by atoms with van der Waals surface area (Å²) in [5.41, 5.74) is 2.17. The molecule has 4 aromatic rings. The van der Waals surface area contributed by atoms with E-state index in [2.05, 4.69) is 15.5 Å². The number of methoxy groups -OCH3 is 2. The van der Waals surface area contributed by atoms with Crippen LogP contribution in [0.1, 0.15) is 0 Å². The number of benzene rings is 3. The van der Waals surface area contributed by atoms with Gasteiger partial charge in [0.15, 0.2) is 0 Å². The maximum Gasteiger partial charge on any atom is 0.417 e. The number of aromatic nitrogens is 3. The van der Waals surface area contributed by atoms with Crippen LogP contribution in [-0.2, 0) is 0 Å². The summed E-state index contributed by atoms with van der Waals surface area (Å²) in [4.78, 5) is 13.6. The molecule has 0 spiro atoms. The molecule has 0 bridgehead atoms. The van der Waals surface area contributed by atoms with Gasteiger partial charge in [-0.2, -0.15) is 0 Å². The highest BCUT2D eigenvalue weighted by Gasteiger charge is 2.14. The van der Waals surface area contributed by atoms with Gasteiger partial charge in [0.05, 0.1) is 19.9 Å². The second-order valence-corrected chi connectivity index (χ2v) is 6.21. The normalized spacial score (nSPS) is 10.6. The molecule has 4 rings (SSSR count). The largest absolute Gasteiger partial charge is 0.505 e. The van der Waals surface area contributed by atoms with E-state index in [1.807, 2.05) is 24.3 Å². The van der Waals surface area contributed by atoms with E-state index in [0.717, 1.165) is 0 Å². The fourth-order valence-electron chi connectivity index (χ4n) is 2.85. The highest BCUT2D eigenvalue weighted by Crippen LogP contribution is 2.30. The van der Waals surface area contributed by atoms with Crippen molar-refractivity contribution in [2.75, 3.05) is 19.5 Å². The Balaban J connectivity index is 1.50. The maximum atomic E-state index is 12.3. The number of nitrogens with zero attached hydrogens (tertiary/aromatic N) is 3. The minimum atomic E-state index is -0.742. The minimum absolute atomic E-state index is 0.136. The SMILES string of the molecule is COc1ccc(NC(=O)Oc2ccc(-n3nc4ccccc4n3)c(O)c2)c(OC)c1. The first-order valence-electron chi connectivity index (χ1n) is 8.93. The Bertz CT molecular complexity index is 1190. The number of carbonyl (C=O) groups excluding carboxylic acids is 1. The van der Waals surface area contributed by atoms with Crippen molar-refractivity contribution in [1.82, 2.24) is 15.0 Å². The van der Waals surface area contributed by atoms with E-state index < -0.39 is 6.09 Å². The predicted molar refractivity (Wildman–Crippen MR) is 110 cm³/mol. The lowest BCUT2D eigenvalue weighted by Gasteiger charge is -2.12. The van der Waals surface area contributed by atoms with Gasteiger partial charge in [0.1, 0.15) is 39.7 Å². The van der Waals surface area contributed by atoms with Crippen molar-refractivity contribution >= 4 is 22.8 Å². The predicted octanol–water partition coefficient (Wildman–Crippen LogP) is 3.75. The Kier molecular flexibility index (Phi) is 5.08. The number of rotatable bonds is 5. The van der Waals surface area contributed by atoms with Crippen molar-refractivity contribution in [3.8, 4) is 28.7 Å². The number of anilines is 1. The van der Waals surface area contributed by atoms with Gasteiger partial charge in [-0.1, -0.05) is 12.1 Å². The van der Waals surface area contributed by atoms with Crippen LogP contribution in [0.15, 0.2) is 60.7 Å². The molecule has 0 aliphatic rings. The molecule has 0 atom stereocenters. The van der Waals surface area contributed by atoms with Crippen LogP contribution < -0.4 is 19.5 Å². The Hall–Kier alpha value is -4.27. The maximum absolute atomic E-state index is 12.3. The van der Waals surface area contributed by atoms with Crippen LogP contribution in [0.2, 0.25) is 0 Å².